The van der Waals surface area contributed by atoms with Gasteiger partial charge >= 0.3 is 0 Å². The molecule has 0 radical (unpaired) electrons. The van der Waals surface area contributed by atoms with Crippen molar-refractivity contribution in [2.24, 2.45) is 0 Å². The highest BCUT2D eigenvalue weighted by molar-refractivity contribution is 7.88. The molecule has 2 aromatic rings. The molecular formula is C15H17ClN2O3S2. The molecule has 0 aliphatic rings. The summed E-state index contributed by atoms with van der Waals surface area (Å²) in [5.41, 5.74) is 1.58. The minimum absolute atomic E-state index is 0.211. The maximum absolute atomic E-state index is 12.2. The van der Waals surface area contributed by atoms with E-state index in [-0.39, 0.29) is 5.91 Å². The summed E-state index contributed by atoms with van der Waals surface area (Å²) in [6.45, 7) is 2.21. The second-order valence-electron chi connectivity index (χ2n) is 5.10. The van der Waals surface area contributed by atoms with Crippen molar-refractivity contribution in [1.82, 2.24) is 4.72 Å². The Morgan fingerprint density at radius 1 is 1.26 bits per heavy atom. The van der Waals surface area contributed by atoms with E-state index in [4.69, 9.17) is 11.6 Å². The maximum atomic E-state index is 12.2. The van der Waals surface area contributed by atoms with E-state index in [1.807, 2.05) is 19.1 Å². The Balaban J connectivity index is 1.96. The number of carbonyl (C=O) groups is 1. The lowest BCUT2D eigenvalue weighted by atomic mass is 10.2. The third kappa shape index (κ3) is 5.62. The van der Waals surface area contributed by atoms with Gasteiger partial charge < -0.3 is 5.32 Å². The number of benzene rings is 1. The van der Waals surface area contributed by atoms with Crippen molar-refractivity contribution in [3.8, 4) is 0 Å². The lowest BCUT2D eigenvalue weighted by Gasteiger charge is -2.05. The molecule has 5 nitrogen and oxygen atoms in total. The van der Waals surface area contributed by atoms with Crippen molar-refractivity contribution in [3.63, 3.8) is 0 Å². The topological polar surface area (TPSA) is 75.3 Å². The standard InChI is InChI=1S/C15H17ClN2O3S2/c1-10-3-4-11(9-13(10)16)18-15(19)14-6-5-12(22-14)7-8-17-23(2,20)21/h3-6,9,17H,7-8H2,1-2H3,(H,18,19). The predicted octanol–water partition coefficient (Wildman–Crippen LogP) is 3.05. The molecule has 1 aromatic heterocycles. The number of hydrogen-bond donors (Lipinski definition) is 2. The van der Waals surface area contributed by atoms with Gasteiger partial charge in [-0.2, -0.15) is 0 Å². The van der Waals surface area contributed by atoms with Crippen LogP contribution in [0, 0.1) is 6.92 Å². The molecule has 0 aliphatic heterocycles. The fourth-order valence-corrected chi connectivity index (χ4v) is 3.41. The van der Waals surface area contributed by atoms with Crippen LogP contribution in [-0.2, 0) is 16.4 Å². The molecule has 0 atom stereocenters. The second-order valence-corrected chi connectivity index (χ2v) is 8.51. The van der Waals surface area contributed by atoms with Crippen molar-refractivity contribution in [2.45, 2.75) is 13.3 Å². The van der Waals surface area contributed by atoms with Gasteiger partial charge in [0, 0.05) is 22.1 Å². The highest BCUT2D eigenvalue weighted by atomic mass is 35.5. The normalized spacial score (nSPS) is 11.4. The van der Waals surface area contributed by atoms with Crippen LogP contribution in [0.3, 0.4) is 0 Å². The van der Waals surface area contributed by atoms with E-state index in [2.05, 4.69) is 10.0 Å². The summed E-state index contributed by atoms with van der Waals surface area (Å²) in [6, 6.07) is 8.90. The van der Waals surface area contributed by atoms with Crippen LogP contribution in [0.25, 0.3) is 0 Å². The lowest BCUT2D eigenvalue weighted by molar-refractivity contribution is 0.103. The van der Waals surface area contributed by atoms with Crippen LogP contribution in [0.5, 0.6) is 0 Å². The number of anilines is 1. The number of carbonyl (C=O) groups excluding carboxylic acids is 1. The summed E-state index contributed by atoms with van der Waals surface area (Å²) in [4.78, 5) is 13.7. The smallest absolute Gasteiger partial charge is 0.265 e. The highest BCUT2D eigenvalue weighted by Crippen LogP contribution is 2.22. The van der Waals surface area contributed by atoms with Gasteiger partial charge in [-0.15, -0.1) is 11.3 Å². The zero-order valence-corrected chi connectivity index (χ0v) is 15.1. The SMILES string of the molecule is Cc1ccc(NC(=O)c2ccc(CCNS(C)(=O)=O)s2)cc1Cl. The third-order valence-electron chi connectivity index (χ3n) is 3.05. The second kappa shape index (κ2) is 7.44. The number of halogens is 1. The van der Waals surface area contributed by atoms with E-state index < -0.39 is 10.0 Å². The Morgan fingerprint density at radius 3 is 2.65 bits per heavy atom. The molecule has 2 N–H and O–H groups in total. The van der Waals surface area contributed by atoms with Gasteiger partial charge in [-0.3, -0.25) is 4.79 Å². The van der Waals surface area contributed by atoms with Crippen molar-refractivity contribution in [3.05, 3.63) is 50.7 Å². The van der Waals surface area contributed by atoms with Gasteiger partial charge in [0.25, 0.3) is 5.91 Å². The molecule has 8 heteroatoms. The van der Waals surface area contributed by atoms with Crippen LogP contribution >= 0.6 is 22.9 Å². The minimum Gasteiger partial charge on any atom is -0.321 e. The van der Waals surface area contributed by atoms with Gasteiger partial charge in [-0.05, 0) is 43.2 Å². The molecule has 0 aliphatic carbocycles. The molecule has 0 spiro atoms. The molecule has 0 saturated heterocycles. The molecule has 2 rings (SSSR count). The number of aryl methyl sites for hydroxylation is 1. The monoisotopic (exact) mass is 372 g/mol. The summed E-state index contributed by atoms with van der Waals surface area (Å²) in [6.07, 6.45) is 1.66. The number of thiophene rings is 1. The molecule has 0 unspecified atom stereocenters. The maximum Gasteiger partial charge on any atom is 0.265 e. The largest absolute Gasteiger partial charge is 0.321 e. The molecule has 0 saturated carbocycles. The summed E-state index contributed by atoms with van der Waals surface area (Å²) >= 11 is 7.37. The van der Waals surface area contributed by atoms with E-state index in [0.29, 0.717) is 28.6 Å². The van der Waals surface area contributed by atoms with Gasteiger partial charge in [-0.25, -0.2) is 13.1 Å². The van der Waals surface area contributed by atoms with Crippen LogP contribution in [-0.4, -0.2) is 27.1 Å². The van der Waals surface area contributed by atoms with Gasteiger partial charge in [0.05, 0.1) is 11.1 Å². The number of amides is 1. The van der Waals surface area contributed by atoms with Crippen LogP contribution in [0.2, 0.25) is 5.02 Å². The average molecular weight is 373 g/mol. The molecule has 1 aromatic carbocycles. The van der Waals surface area contributed by atoms with Crippen molar-refractivity contribution in [2.75, 3.05) is 18.1 Å². The number of hydrogen-bond acceptors (Lipinski definition) is 4. The zero-order chi connectivity index (χ0) is 17.0. The summed E-state index contributed by atoms with van der Waals surface area (Å²) < 4.78 is 24.4. The first-order chi connectivity index (χ1) is 10.7. The Kier molecular flexibility index (Phi) is 5.80. The molecule has 0 fully saturated rings. The summed E-state index contributed by atoms with van der Waals surface area (Å²) in [7, 11) is -3.19. The predicted molar refractivity (Wildman–Crippen MR) is 95.0 cm³/mol. The molecule has 1 heterocycles. The average Bonchev–Trinajstić information content (AvgIpc) is 2.90. The first-order valence-corrected chi connectivity index (χ1v) is 9.94. The van der Waals surface area contributed by atoms with Gasteiger partial charge in [-0.1, -0.05) is 17.7 Å². The Labute approximate surface area is 144 Å². The Morgan fingerprint density at radius 2 is 2.00 bits per heavy atom. The van der Waals surface area contributed by atoms with E-state index in [9.17, 15) is 13.2 Å². The van der Waals surface area contributed by atoms with Crippen LogP contribution in [0.1, 0.15) is 20.1 Å². The number of sulfonamides is 1. The fraction of sp³-hybridized carbons (Fsp3) is 0.267. The van der Waals surface area contributed by atoms with Crippen LogP contribution < -0.4 is 10.0 Å². The number of rotatable bonds is 6. The highest BCUT2D eigenvalue weighted by Gasteiger charge is 2.11. The summed E-state index contributed by atoms with van der Waals surface area (Å²) in [5.74, 6) is -0.211. The molecule has 23 heavy (non-hydrogen) atoms. The molecular weight excluding hydrogens is 356 g/mol. The fourth-order valence-electron chi connectivity index (χ4n) is 1.86. The van der Waals surface area contributed by atoms with Crippen LogP contribution in [0.4, 0.5) is 5.69 Å². The molecule has 1 amide bonds. The van der Waals surface area contributed by atoms with Crippen molar-refractivity contribution >= 4 is 44.6 Å². The van der Waals surface area contributed by atoms with Crippen LogP contribution in [0.15, 0.2) is 30.3 Å². The van der Waals surface area contributed by atoms with E-state index in [0.717, 1.165) is 16.7 Å². The van der Waals surface area contributed by atoms with Gasteiger partial charge in [0.1, 0.15) is 0 Å². The molecule has 0 bridgehead atoms. The first kappa shape index (κ1) is 17.9. The van der Waals surface area contributed by atoms with Crippen molar-refractivity contribution in [1.29, 1.82) is 0 Å². The third-order valence-corrected chi connectivity index (χ3v) is 5.33. The number of nitrogens with one attached hydrogen (secondary N) is 2. The van der Waals surface area contributed by atoms with Gasteiger partial charge in [0.2, 0.25) is 10.0 Å². The van der Waals surface area contributed by atoms with E-state index in [1.54, 1.807) is 18.2 Å². The summed E-state index contributed by atoms with van der Waals surface area (Å²) in [5, 5.41) is 3.39. The Hall–Kier alpha value is -1.41. The molecule has 124 valence electrons. The van der Waals surface area contributed by atoms with Crippen molar-refractivity contribution < 1.29 is 13.2 Å². The van der Waals surface area contributed by atoms with E-state index >= 15 is 0 Å². The Bertz CT molecular complexity index is 816. The minimum atomic E-state index is -3.19. The quantitative estimate of drug-likeness (QED) is 0.818. The first-order valence-electron chi connectivity index (χ1n) is 6.85. The lowest BCUT2D eigenvalue weighted by Crippen LogP contribution is -2.24. The van der Waals surface area contributed by atoms with E-state index in [1.165, 1.54) is 11.3 Å². The van der Waals surface area contributed by atoms with Gasteiger partial charge in [0.15, 0.2) is 0 Å². The zero-order valence-electron chi connectivity index (χ0n) is 12.7.